The fourth-order valence-electron chi connectivity index (χ4n) is 7.26. The maximum absolute atomic E-state index is 12.3. The Labute approximate surface area is 172 Å². The first kappa shape index (κ1) is 18.7. The van der Waals surface area contributed by atoms with E-state index in [9.17, 15) is 4.79 Å². The second-order valence-electron chi connectivity index (χ2n) is 10.7. The van der Waals surface area contributed by atoms with Gasteiger partial charge in [-0.3, -0.25) is 4.79 Å². The molecule has 5 heteroatoms. The van der Waals surface area contributed by atoms with Gasteiger partial charge in [0.25, 0.3) is 5.91 Å². The number of benzene rings is 1. The molecular weight excluding hydrogens is 372 g/mol. The van der Waals surface area contributed by atoms with Crippen LogP contribution in [-0.2, 0) is 13.0 Å². The third-order valence-electron chi connectivity index (χ3n) is 8.70. The van der Waals surface area contributed by atoms with Crippen LogP contribution in [0.3, 0.4) is 0 Å². The summed E-state index contributed by atoms with van der Waals surface area (Å²) in [5.41, 5.74) is 9.18. The molecule has 4 aliphatic rings. The van der Waals surface area contributed by atoms with Gasteiger partial charge in [0.15, 0.2) is 0 Å². The van der Waals surface area contributed by atoms with Gasteiger partial charge >= 0.3 is 0 Å². The van der Waals surface area contributed by atoms with Crippen LogP contribution in [0.2, 0.25) is 5.02 Å². The summed E-state index contributed by atoms with van der Waals surface area (Å²) in [6, 6.07) is 2.11. The smallest absolute Gasteiger partial charge is 0.253 e. The van der Waals surface area contributed by atoms with E-state index in [2.05, 4.69) is 33.0 Å². The van der Waals surface area contributed by atoms with Gasteiger partial charge in [0, 0.05) is 35.9 Å². The summed E-state index contributed by atoms with van der Waals surface area (Å²) in [7, 11) is 0. The Morgan fingerprint density at radius 2 is 2.00 bits per heavy atom. The van der Waals surface area contributed by atoms with Crippen molar-refractivity contribution in [3.8, 4) is 5.75 Å². The number of nitrogens with two attached hydrogens (primary N) is 1. The lowest BCUT2D eigenvalue weighted by Gasteiger charge is -2.67. The Morgan fingerprint density at radius 3 is 2.75 bits per heavy atom. The van der Waals surface area contributed by atoms with E-state index < -0.39 is 0 Å². The molecule has 2 heterocycles. The molecule has 1 unspecified atom stereocenters. The van der Waals surface area contributed by atoms with Gasteiger partial charge < -0.3 is 15.8 Å². The van der Waals surface area contributed by atoms with Gasteiger partial charge in [-0.15, -0.1) is 0 Å². The molecule has 1 spiro atoms. The fourth-order valence-corrected chi connectivity index (χ4v) is 7.59. The summed E-state index contributed by atoms with van der Waals surface area (Å²) in [6.45, 7) is 10.0. The topological polar surface area (TPSA) is 64.3 Å². The predicted molar refractivity (Wildman–Crippen MR) is 111 cm³/mol. The molecule has 0 bridgehead atoms. The first-order valence-corrected chi connectivity index (χ1v) is 11.0. The van der Waals surface area contributed by atoms with E-state index in [4.69, 9.17) is 22.1 Å². The molecule has 1 aromatic rings. The van der Waals surface area contributed by atoms with Crippen molar-refractivity contribution in [3.05, 3.63) is 27.8 Å². The number of ether oxygens (including phenoxy) is 1. The Morgan fingerprint density at radius 1 is 1.25 bits per heavy atom. The summed E-state index contributed by atoms with van der Waals surface area (Å²) >= 11 is 6.53. The summed E-state index contributed by atoms with van der Waals surface area (Å²) in [5.74, 6) is 1.82. The summed E-state index contributed by atoms with van der Waals surface area (Å²) in [6.07, 6.45) is 5.26. The van der Waals surface area contributed by atoms with Gasteiger partial charge in [-0.1, -0.05) is 39.3 Å². The Hall–Kier alpha value is -1.26. The van der Waals surface area contributed by atoms with Gasteiger partial charge in [-0.2, -0.15) is 0 Å². The molecule has 1 aromatic carbocycles. The molecule has 5 rings (SSSR count). The highest BCUT2D eigenvalue weighted by Crippen LogP contribution is 2.66. The van der Waals surface area contributed by atoms with Crippen LogP contribution in [-0.4, -0.2) is 17.6 Å². The molecule has 4 nitrogen and oxygen atoms in total. The molecule has 2 saturated carbocycles. The van der Waals surface area contributed by atoms with Crippen molar-refractivity contribution in [1.29, 1.82) is 0 Å². The first-order chi connectivity index (χ1) is 13.1. The van der Waals surface area contributed by atoms with Crippen molar-refractivity contribution in [3.63, 3.8) is 0 Å². The van der Waals surface area contributed by atoms with E-state index in [0.717, 1.165) is 36.1 Å². The maximum atomic E-state index is 12.3. The van der Waals surface area contributed by atoms with Crippen LogP contribution in [0.4, 0.5) is 0 Å². The van der Waals surface area contributed by atoms with Gasteiger partial charge in [-0.05, 0) is 48.6 Å². The third kappa shape index (κ3) is 2.19. The number of hydrogen-bond donors (Lipinski definition) is 2. The zero-order valence-electron chi connectivity index (χ0n) is 17.3. The second-order valence-corrected chi connectivity index (χ2v) is 11.1. The van der Waals surface area contributed by atoms with Gasteiger partial charge in [-0.25, -0.2) is 0 Å². The largest absolute Gasteiger partial charge is 0.486 e. The second kappa shape index (κ2) is 5.66. The van der Waals surface area contributed by atoms with E-state index in [1.807, 2.05) is 6.07 Å². The maximum Gasteiger partial charge on any atom is 0.253 e. The number of rotatable bonds is 0. The van der Waals surface area contributed by atoms with E-state index >= 15 is 0 Å². The lowest BCUT2D eigenvalue weighted by Crippen LogP contribution is -2.70. The van der Waals surface area contributed by atoms with E-state index in [-0.39, 0.29) is 28.4 Å². The monoisotopic (exact) mass is 402 g/mol. The highest BCUT2D eigenvalue weighted by atomic mass is 35.5. The summed E-state index contributed by atoms with van der Waals surface area (Å²) in [4.78, 5) is 12.3. The first-order valence-electron chi connectivity index (χ1n) is 10.7. The van der Waals surface area contributed by atoms with Crippen LogP contribution in [0.25, 0.3) is 0 Å². The normalized spacial score (nSPS) is 40.5. The average Bonchev–Trinajstić information content (AvgIpc) is 2.97. The number of carbonyl (C=O) groups excluding carboxylic acids is 1. The number of fused-ring (bicyclic) bond motifs is 3. The number of amides is 1. The van der Waals surface area contributed by atoms with Crippen molar-refractivity contribution in [1.82, 2.24) is 5.32 Å². The highest BCUT2D eigenvalue weighted by Gasteiger charge is 2.67. The van der Waals surface area contributed by atoms with Crippen LogP contribution in [0.5, 0.6) is 5.75 Å². The van der Waals surface area contributed by atoms with Crippen molar-refractivity contribution in [2.45, 2.75) is 78.0 Å². The third-order valence-corrected chi connectivity index (χ3v) is 9.00. The van der Waals surface area contributed by atoms with Crippen molar-refractivity contribution >= 4 is 17.5 Å². The molecule has 152 valence electrons. The molecule has 2 aliphatic carbocycles. The van der Waals surface area contributed by atoms with Crippen molar-refractivity contribution < 1.29 is 9.53 Å². The van der Waals surface area contributed by atoms with Crippen LogP contribution >= 0.6 is 11.6 Å². The molecule has 0 saturated heterocycles. The highest BCUT2D eigenvalue weighted by molar-refractivity contribution is 6.34. The zero-order chi connectivity index (χ0) is 20.1. The minimum absolute atomic E-state index is 0.00579. The lowest BCUT2D eigenvalue weighted by atomic mass is 9.43. The molecule has 0 radical (unpaired) electrons. The fraction of sp³-hybridized carbons (Fsp3) is 0.696. The predicted octanol–water partition coefficient (Wildman–Crippen LogP) is 4.46. The van der Waals surface area contributed by atoms with Gasteiger partial charge in [0.2, 0.25) is 0 Å². The quantitative estimate of drug-likeness (QED) is 0.673. The molecule has 2 aliphatic heterocycles. The van der Waals surface area contributed by atoms with Crippen LogP contribution in [0.1, 0.15) is 74.9 Å². The lowest BCUT2D eigenvalue weighted by molar-refractivity contribution is -0.213. The molecule has 3 N–H and O–H groups in total. The molecule has 0 aromatic heterocycles. The summed E-state index contributed by atoms with van der Waals surface area (Å²) in [5, 5.41) is 3.48. The number of carbonyl (C=O) groups is 1. The molecule has 28 heavy (non-hydrogen) atoms. The number of hydrogen-bond acceptors (Lipinski definition) is 3. The summed E-state index contributed by atoms with van der Waals surface area (Å²) < 4.78 is 7.12. The van der Waals surface area contributed by atoms with Crippen molar-refractivity contribution in [2.24, 2.45) is 28.4 Å². The average molecular weight is 403 g/mol. The zero-order valence-corrected chi connectivity index (χ0v) is 18.1. The van der Waals surface area contributed by atoms with E-state index in [1.54, 1.807) is 0 Å². The van der Waals surface area contributed by atoms with Crippen LogP contribution in [0, 0.1) is 22.7 Å². The Kier molecular flexibility index (Phi) is 3.79. The van der Waals surface area contributed by atoms with Crippen LogP contribution in [0.15, 0.2) is 6.07 Å². The Bertz CT molecular complexity index is 882. The standard InChI is InChI=1S/C23H31ClN2O2/c1-12-5-6-17-21(2,3)9-14(25)10-23(17)22(12,4)8-13-7-16(24)18-15(19(13)28-23)11-26-20(18)27/h7,12,14,17H,5-6,8-11,25H2,1-4H3,(H,26,27)/t12-,14?,17-,22+,23-/m0/s1. The van der Waals surface area contributed by atoms with Crippen LogP contribution < -0.4 is 15.8 Å². The minimum Gasteiger partial charge on any atom is -0.486 e. The molecular formula is C23H31ClN2O2. The molecule has 2 fully saturated rings. The molecule has 5 atom stereocenters. The van der Waals surface area contributed by atoms with E-state index in [1.165, 1.54) is 12.8 Å². The molecule has 1 amide bonds. The van der Waals surface area contributed by atoms with Gasteiger partial charge in [0.1, 0.15) is 11.4 Å². The Balaban J connectivity index is 1.74. The van der Waals surface area contributed by atoms with Gasteiger partial charge in [0.05, 0.1) is 10.6 Å². The minimum atomic E-state index is -0.286. The van der Waals surface area contributed by atoms with Crippen molar-refractivity contribution in [2.75, 3.05) is 0 Å². The number of halogens is 1. The number of nitrogens with one attached hydrogen (secondary N) is 1. The SMILES string of the molecule is C[C@H]1CC[C@H]2C(C)(C)CC(N)C[C@]23Oc2c(cc(Cl)c4c2CNC4=O)C[C@]13C. The van der Waals surface area contributed by atoms with E-state index in [0.29, 0.717) is 29.0 Å².